The van der Waals surface area contributed by atoms with Gasteiger partial charge < -0.3 is 10.2 Å². The molecule has 1 amide bonds. The average molecular weight is 334 g/mol. The Kier molecular flexibility index (Phi) is 3.85. The van der Waals surface area contributed by atoms with Gasteiger partial charge in [-0.05, 0) is 36.2 Å². The number of carbonyl (C=O) groups excluding carboxylic acids is 1. The van der Waals surface area contributed by atoms with E-state index in [4.69, 9.17) is 0 Å². The number of nitrogens with zero attached hydrogens (tertiary/aromatic N) is 3. The molecule has 3 aromatic rings. The van der Waals surface area contributed by atoms with E-state index in [1.54, 1.807) is 18.3 Å². The van der Waals surface area contributed by atoms with E-state index in [0.717, 1.165) is 18.7 Å². The zero-order valence-electron chi connectivity index (χ0n) is 13.3. The highest BCUT2D eigenvalue weighted by atomic mass is 19.1. The average Bonchev–Trinajstić information content (AvgIpc) is 3.08. The first-order valence-electron chi connectivity index (χ1n) is 7.97. The Morgan fingerprint density at radius 1 is 1.08 bits per heavy atom. The number of rotatable bonds is 3. The van der Waals surface area contributed by atoms with E-state index in [1.165, 1.54) is 23.8 Å². The fraction of sp³-hybridized carbons (Fsp3) is 0.105. The number of fused-ring (bicyclic) bond motifs is 1. The lowest BCUT2D eigenvalue weighted by Crippen LogP contribution is -2.20. The van der Waals surface area contributed by atoms with Gasteiger partial charge in [-0.3, -0.25) is 4.79 Å². The first-order valence-corrected chi connectivity index (χ1v) is 7.97. The van der Waals surface area contributed by atoms with Crippen molar-refractivity contribution in [3.63, 3.8) is 0 Å². The molecule has 0 aliphatic carbocycles. The Bertz CT molecular complexity index is 944. The third-order valence-electron chi connectivity index (χ3n) is 4.13. The van der Waals surface area contributed by atoms with Crippen LogP contribution in [0.2, 0.25) is 0 Å². The molecule has 0 spiro atoms. The lowest BCUT2D eigenvalue weighted by Gasteiger charge is -2.17. The van der Waals surface area contributed by atoms with Gasteiger partial charge in [-0.15, -0.1) is 0 Å². The summed E-state index contributed by atoms with van der Waals surface area (Å²) >= 11 is 0. The lowest BCUT2D eigenvalue weighted by atomic mass is 10.2. The fourth-order valence-corrected chi connectivity index (χ4v) is 2.90. The number of hydrogen-bond acceptors (Lipinski definition) is 4. The minimum Gasteiger partial charge on any atom is -0.318 e. The van der Waals surface area contributed by atoms with E-state index in [1.807, 2.05) is 23.1 Å². The molecule has 2 aromatic carbocycles. The summed E-state index contributed by atoms with van der Waals surface area (Å²) in [5.41, 5.74) is 2.60. The predicted octanol–water partition coefficient (Wildman–Crippen LogP) is 3.56. The summed E-state index contributed by atoms with van der Waals surface area (Å²) in [5.74, 6) is -0.494. The lowest BCUT2D eigenvalue weighted by molar-refractivity contribution is 0.102. The Balaban J connectivity index is 1.60. The zero-order chi connectivity index (χ0) is 17.2. The normalized spacial score (nSPS) is 12.8. The van der Waals surface area contributed by atoms with Crippen LogP contribution in [0, 0.1) is 5.82 Å². The summed E-state index contributed by atoms with van der Waals surface area (Å²) in [6.45, 7) is 0.762. The van der Waals surface area contributed by atoms with Gasteiger partial charge in [0.15, 0.2) is 0 Å². The van der Waals surface area contributed by atoms with Crippen molar-refractivity contribution in [1.29, 1.82) is 0 Å². The summed E-state index contributed by atoms with van der Waals surface area (Å²) in [6, 6.07) is 15.6. The van der Waals surface area contributed by atoms with Gasteiger partial charge in [-0.2, -0.15) is 0 Å². The quantitative estimate of drug-likeness (QED) is 0.796. The second kappa shape index (κ2) is 6.32. The van der Waals surface area contributed by atoms with Gasteiger partial charge in [0.25, 0.3) is 5.91 Å². The van der Waals surface area contributed by atoms with Crippen LogP contribution in [0.25, 0.3) is 0 Å². The molecule has 25 heavy (non-hydrogen) atoms. The van der Waals surface area contributed by atoms with Gasteiger partial charge in [0.1, 0.15) is 11.5 Å². The number of para-hydroxylation sites is 2. The largest absolute Gasteiger partial charge is 0.318 e. The number of aromatic nitrogens is 2. The SMILES string of the molecule is O=C(Nc1ccccc1F)c1ccnc(N2CCc3ccccc32)n1. The van der Waals surface area contributed by atoms with Crippen molar-refractivity contribution in [1.82, 2.24) is 9.97 Å². The van der Waals surface area contributed by atoms with E-state index in [2.05, 4.69) is 21.4 Å². The van der Waals surface area contributed by atoms with Crippen molar-refractivity contribution in [2.45, 2.75) is 6.42 Å². The molecular weight excluding hydrogens is 319 g/mol. The number of nitrogens with one attached hydrogen (secondary N) is 1. The Morgan fingerprint density at radius 3 is 2.76 bits per heavy atom. The third kappa shape index (κ3) is 2.94. The van der Waals surface area contributed by atoms with Crippen LogP contribution in [0.1, 0.15) is 16.1 Å². The van der Waals surface area contributed by atoms with Crippen LogP contribution in [0.15, 0.2) is 60.8 Å². The Hall–Kier alpha value is -3.28. The number of halogens is 1. The second-order valence-corrected chi connectivity index (χ2v) is 5.71. The molecule has 6 heteroatoms. The van der Waals surface area contributed by atoms with Gasteiger partial charge in [-0.1, -0.05) is 30.3 Å². The summed E-state index contributed by atoms with van der Waals surface area (Å²) in [5, 5.41) is 2.54. The van der Waals surface area contributed by atoms with Crippen LogP contribution in [-0.4, -0.2) is 22.4 Å². The molecule has 2 heterocycles. The van der Waals surface area contributed by atoms with Crippen molar-refractivity contribution in [2.24, 2.45) is 0 Å². The fourth-order valence-electron chi connectivity index (χ4n) is 2.90. The van der Waals surface area contributed by atoms with Crippen molar-refractivity contribution < 1.29 is 9.18 Å². The predicted molar refractivity (Wildman–Crippen MR) is 93.5 cm³/mol. The van der Waals surface area contributed by atoms with E-state index in [-0.39, 0.29) is 11.4 Å². The van der Waals surface area contributed by atoms with Crippen molar-refractivity contribution in [3.05, 3.63) is 77.9 Å². The van der Waals surface area contributed by atoms with E-state index >= 15 is 0 Å². The molecule has 0 saturated carbocycles. The van der Waals surface area contributed by atoms with Gasteiger partial charge in [0, 0.05) is 18.4 Å². The summed E-state index contributed by atoms with van der Waals surface area (Å²) < 4.78 is 13.7. The van der Waals surface area contributed by atoms with Gasteiger partial charge in [0.2, 0.25) is 5.95 Å². The highest BCUT2D eigenvalue weighted by Gasteiger charge is 2.22. The summed E-state index contributed by atoms with van der Waals surface area (Å²) in [4.78, 5) is 23.0. The minimum absolute atomic E-state index is 0.124. The standard InChI is InChI=1S/C19H15FN4O/c20-14-6-2-3-7-15(14)22-18(25)16-9-11-21-19(23-16)24-12-10-13-5-1-4-8-17(13)24/h1-9,11H,10,12H2,(H,22,25). The molecular formula is C19H15FN4O. The Morgan fingerprint density at radius 2 is 1.88 bits per heavy atom. The molecule has 0 atom stereocenters. The molecule has 124 valence electrons. The maximum Gasteiger partial charge on any atom is 0.274 e. The number of benzene rings is 2. The molecule has 0 saturated heterocycles. The maximum absolute atomic E-state index is 13.7. The topological polar surface area (TPSA) is 58.1 Å². The molecule has 1 N–H and O–H groups in total. The smallest absolute Gasteiger partial charge is 0.274 e. The molecule has 5 nitrogen and oxygen atoms in total. The van der Waals surface area contributed by atoms with E-state index < -0.39 is 11.7 Å². The molecule has 0 radical (unpaired) electrons. The zero-order valence-corrected chi connectivity index (χ0v) is 13.3. The van der Waals surface area contributed by atoms with Crippen molar-refractivity contribution in [2.75, 3.05) is 16.8 Å². The van der Waals surface area contributed by atoms with Gasteiger partial charge >= 0.3 is 0 Å². The molecule has 4 rings (SSSR count). The first-order chi connectivity index (χ1) is 12.2. The monoisotopic (exact) mass is 334 g/mol. The molecule has 0 unspecified atom stereocenters. The van der Waals surface area contributed by atoms with Crippen molar-refractivity contribution in [3.8, 4) is 0 Å². The number of carbonyl (C=O) groups is 1. The molecule has 0 bridgehead atoms. The van der Waals surface area contributed by atoms with Crippen LogP contribution < -0.4 is 10.2 Å². The first kappa shape index (κ1) is 15.3. The molecule has 1 aliphatic heterocycles. The van der Waals surface area contributed by atoms with E-state index in [9.17, 15) is 9.18 Å². The maximum atomic E-state index is 13.7. The highest BCUT2D eigenvalue weighted by Crippen LogP contribution is 2.32. The van der Waals surface area contributed by atoms with Crippen LogP contribution >= 0.6 is 0 Å². The second-order valence-electron chi connectivity index (χ2n) is 5.71. The van der Waals surface area contributed by atoms with Gasteiger partial charge in [0.05, 0.1) is 5.69 Å². The van der Waals surface area contributed by atoms with E-state index in [0.29, 0.717) is 5.95 Å². The third-order valence-corrected chi connectivity index (χ3v) is 4.13. The minimum atomic E-state index is -0.487. The van der Waals surface area contributed by atoms with Gasteiger partial charge in [-0.25, -0.2) is 14.4 Å². The molecule has 1 aromatic heterocycles. The van der Waals surface area contributed by atoms with Crippen LogP contribution in [0.4, 0.5) is 21.7 Å². The van der Waals surface area contributed by atoms with Crippen LogP contribution in [0.3, 0.4) is 0 Å². The summed E-state index contributed by atoms with van der Waals surface area (Å²) in [7, 11) is 0. The highest BCUT2D eigenvalue weighted by molar-refractivity contribution is 6.03. The summed E-state index contributed by atoms with van der Waals surface area (Å²) in [6.07, 6.45) is 2.45. The van der Waals surface area contributed by atoms with Crippen LogP contribution in [-0.2, 0) is 6.42 Å². The molecule has 0 fully saturated rings. The Labute approximate surface area is 144 Å². The molecule has 1 aliphatic rings. The number of anilines is 3. The van der Waals surface area contributed by atoms with Crippen LogP contribution in [0.5, 0.6) is 0 Å². The number of hydrogen-bond donors (Lipinski definition) is 1. The van der Waals surface area contributed by atoms with Crippen molar-refractivity contribution >= 4 is 23.2 Å². The number of amides is 1.